The minimum absolute atomic E-state index is 0.0607. The van der Waals surface area contributed by atoms with E-state index >= 15 is 0 Å². The molecule has 40 heavy (non-hydrogen) atoms. The minimum atomic E-state index is -1.35. The summed E-state index contributed by atoms with van der Waals surface area (Å²) < 4.78 is 30.8. The van der Waals surface area contributed by atoms with Crippen LogP contribution in [0.2, 0.25) is 0 Å². The standard InChI is InChI=1S/C30H32F2N6O2/c1-29(2,3)19-11-12-30(4,27-18(19)13-23(36-37-27)26-20(31)7-5-8-21(26)32)25-10-6-9-22(35-25)17-14-34-38(15-17)16-24(39)28(33)40/h5-10,13-15,19,24,39H,11-12,16H2,1-4H3,(H2,33,40)/t19-,24-,30+/m0/s1. The molecule has 0 fully saturated rings. The van der Waals surface area contributed by atoms with Crippen molar-refractivity contribution in [2.24, 2.45) is 11.1 Å². The molecular weight excluding hydrogens is 514 g/mol. The van der Waals surface area contributed by atoms with Gasteiger partial charge in [-0.2, -0.15) is 10.2 Å². The lowest BCUT2D eigenvalue weighted by Crippen LogP contribution is -2.36. The molecule has 208 valence electrons. The molecule has 1 aliphatic rings. The van der Waals surface area contributed by atoms with Crippen LogP contribution in [0.5, 0.6) is 0 Å². The number of pyridine rings is 1. The molecule has 0 unspecified atom stereocenters. The number of hydrogen-bond donors (Lipinski definition) is 2. The maximum Gasteiger partial charge on any atom is 0.248 e. The van der Waals surface area contributed by atoms with E-state index in [1.54, 1.807) is 18.5 Å². The third-order valence-corrected chi connectivity index (χ3v) is 7.85. The van der Waals surface area contributed by atoms with E-state index in [9.17, 15) is 18.7 Å². The van der Waals surface area contributed by atoms with E-state index in [4.69, 9.17) is 10.7 Å². The van der Waals surface area contributed by atoms with Crippen molar-refractivity contribution in [3.05, 3.63) is 83.4 Å². The highest BCUT2D eigenvalue weighted by Gasteiger charge is 2.44. The van der Waals surface area contributed by atoms with Gasteiger partial charge in [-0.15, -0.1) is 5.10 Å². The molecule has 3 N–H and O–H groups in total. The number of carbonyl (C=O) groups is 1. The number of hydrogen-bond acceptors (Lipinski definition) is 6. The Morgan fingerprint density at radius 3 is 2.52 bits per heavy atom. The molecule has 3 heterocycles. The van der Waals surface area contributed by atoms with E-state index in [0.717, 1.165) is 29.8 Å². The van der Waals surface area contributed by atoms with Crippen LogP contribution < -0.4 is 5.73 Å². The van der Waals surface area contributed by atoms with Crippen LogP contribution in [0.25, 0.3) is 22.5 Å². The van der Waals surface area contributed by atoms with Crippen molar-refractivity contribution < 1.29 is 18.7 Å². The van der Waals surface area contributed by atoms with Gasteiger partial charge in [0.1, 0.15) is 11.6 Å². The number of primary amides is 1. The zero-order valence-corrected chi connectivity index (χ0v) is 22.9. The summed E-state index contributed by atoms with van der Waals surface area (Å²) in [6.07, 6.45) is 3.54. The van der Waals surface area contributed by atoms with E-state index < -0.39 is 29.1 Å². The van der Waals surface area contributed by atoms with Crippen LogP contribution in [0.1, 0.15) is 63.4 Å². The average molecular weight is 547 g/mol. The summed E-state index contributed by atoms with van der Waals surface area (Å²) in [5, 5.41) is 23.0. The first-order valence-corrected chi connectivity index (χ1v) is 13.2. The van der Waals surface area contributed by atoms with Crippen molar-refractivity contribution in [2.75, 3.05) is 0 Å². The van der Waals surface area contributed by atoms with Gasteiger partial charge in [0, 0.05) is 11.8 Å². The molecule has 8 nitrogen and oxygen atoms in total. The Morgan fingerprint density at radius 2 is 1.85 bits per heavy atom. The highest BCUT2D eigenvalue weighted by molar-refractivity contribution is 5.78. The van der Waals surface area contributed by atoms with Gasteiger partial charge < -0.3 is 10.8 Å². The Balaban J connectivity index is 1.58. The summed E-state index contributed by atoms with van der Waals surface area (Å²) in [6.45, 7) is 8.47. The molecule has 4 aromatic rings. The molecule has 10 heteroatoms. The number of halogens is 2. The van der Waals surface area contributed by atoms with E-state index in [1.165, 1.54) is 22.9 Å². The third kappa shape index (κ3) is 4.99. The van der Waals surface area contributed by atoms with Gasteiger partial charge in [-0.05, 0) is 67.0 Å². The minimum Gasteiger partial charge on any atom is -0.381 e. The van der Waals surface area contributed by atoms with Crippen LogP contribution >= 0.6 is 0 Å². The zero-order valence-electron chi connectivity index (χ0n) is 22.9. The van der Waals surface area contributed by atoms with E-state index in [0.29, 0.717) is 11.3 Å². The van der Waals surface area contributed by atoms with Gasteiger partial charge in [-0.1, -0.05) is 32.9 Å². The second-order valence-electron chi connectivity index (χ2n) is 11.7. The van der Waals surface area contributed by atoms with E-state index in [2.05, 4.69) is 43.0 Å². The topological polar surface area (TPSA) is 120 Å². The molecule has 5 rings (SSSR count). The SMILES string of the molecule is CC(C)(C)[C@H]1CC[C@](C)(c2cccc(-c3cnn(C[C@H](O)C(N)=O)c3)n2)c2nnc(-c3c(F)cccc3F)cc21. The summed E-state index contributed by atoms with van der Waals surface area (Å²) in [4.78, 5) is 16.2. The van der Waals surface area contributed by atoms with Crippen molar-refractivity contribution in [3.63, 3.8) is 0 Å². The molecular formula is C30H32F2N6O2. The predicted molar refractivity (Wildman–Crippen MR) is 146 cm³/mol. The number of aliphatic hydroxyl groups excluding tert-OH is 1. The fourth-order valence-electron chi connectivity index (χ4n) is 5.59. The zero-order chi connectivity index (χ0) is 28.8. The maximum atomic E-state index is 14.7. The number of benzene rings is 1. The number of nitrogens with two attached hydrogens (primary N) is 1. The highest BCUT2D eigenvalue weighted by atomic mass is 19.1. The molecule has 1 amide bonds. The number of aromatic nitrogens is 5. The lowest BCUT2D eigenvalue weighted by Gasteiger charge is -2.42. The molecule has 1 aliphatic carbocycles. The monoisotopic (exact) mass is 546 g/mol. The second-order valence-corrected chi connectivity index (χ2v) is 11.7. The van der Waals surface area contributed by atoms with Gasteiger partial charge >= 0.3 is 0 Å². The third-order valence-electron chi connectivity index (χ3n) is 7.85. The Hall–Kier alpha value is -4.05. The summed E-state index contributed by atoms with van der Waals surface area (Å²) in [5.74, 6) is -2.09. The van der Waals surface area contributed by atoms with Gasteiger partial charge in [0.05, 0.1) is 46.5 Å². The largest absolute Gasteiger partial charge is 0.381 e. The Kier molecular flexibility index (Phi) is 6.99. The Morgan fingerprint density at radius 1 is 1.15 bits per heavy atom. The van der Waals surface area contributed by atoms with Gasteiger partial charge in [-0.25, -0.2) is 8.78 Å². The fourth-order valence-corrected chi connectivity index (χ4v) is 5.59. The molecule has 0 saturated carbocycles. The average Bonchev–Trinajstić information content (AvgIpc) is 3.36. The van der Waals surface area contributed by atoms with Gasteiger partial charge in [0.25, 0.3) is 0 Å². The number of amides is 1. The molecule has 1 aromatic carbocycles. The summed E-state index contributed by atoms with van der Waals surface area (Å²) in [5.41, 5.74) is 8.22. The van der Waals surface area contributed by atoms with Crippen molar-refractivity contribution in [1.82, 2.24) is 25.0 Å². The number of nitrogens with zero attached hydrogens (tertiary/aromatic N) is 5. The van der Waals surface area contributed by atoms with Gasteiger partial charge in [0.2, 0.25) is 5.91 Å². The summed E-state index contributed by atoms with van der Waals surface area (Å²) >= 11 is 0. The smallest absolute Gasteiger partial charge is 0.248 e. The predicted octanol–water partition coefficient (Wildman–Crippen LogP) is 4.76. The molecule has 0 saturated heterocycles. The molecule has 0 aliphatic heterocycles. The molecule has 0 spiro atoms. The lowest BCUT2D eigenvalue weighted by molar-refractivity contribution is -0.126. The highest BCUT2D eigenvalue weighted by Crippen LogP contribution is 2.51. The number of aliphatic hydroxyl groups is 1. The molecule has 3 atom stereocenters. The van der Waals surface area contributed by atoms with Gasteiger partial charge in [-0.3, -0.25) is 14.5 Å². The first-order valence-electron chi connectivity index (χ1n) is 13.2. The number of rotatable bonds is 6. The Bertz CT molecular complexity index is 1560. The van der Waals surface area contributed by atoms with Crippen LogP contribution in [0.15, 0.2) is 54.9 Å². The van der Waals surface area contributed by atoms with E-state index in [-0.39, 0.29) is 29.1 Å². The van der Waals surface area contributed by atoms with E-state index in [1.807, 2.05) is 18.2 Å². The van der Waals surface area contributed by atoms with Crippen molar-refractivity contribution in [1.29, 1.82) is 0 Å². The summed E-state index contributed by atoms with van der Waals surface area (Å²) in [7, 11) is 0. The first-order chi connectivity index (χ1) is 18.9. The molecule has 0 bridgehead atoms. The lowest BCUT2D eigenvalue weighted by atomic mass is 9.62. The molecule has 0 radical (unpaired) electrons. The number of fused-ring (bicyclic) bond motifs is 1. The van der Waals surface area contributed by atoms with Crippen LogP contribution in [-0.4, -0.2) is 42.1 Å². The normalized spacial score (nSPS) is 19.7. The van der Waals surface area contributed by atoms with Crippen molar-refractivity contribution in [2.45, 2.75) is 64.5 Å². The molecule has 3 aromatic heterocycles. The second kappa shape index (κ2) is 10.2. The maximum absolute atomic E-state index is 14.7. The fraction of sp³-hybridized carbons (Fsp3) is 0.367. The quantitative estimate of drug-likeness (QED) is 0.360. The van der Waals surface area contributed by atoms with Gasteiger partial charge in [0.15, 0.2) is 6.10 Å². The summed E-state index contributed by atoms with van der Waals surface area (Å²) in [6, 6.07) is 11.3. The van der Waals surface area contributed by atoms with Crippen LogP contribution in [0, 0.1) is 17.0 Å². The van der Waals surface area contributed by atoms with Crippen LogP contribution in [-0.2, 0) is 16.8 Å². The first kappa shape index (κ1) is 27.5. The van der Waals surface area contributed by atoms with Crippen LogP contribution in [0.3, 0.4) is 0 Å². The Labute approximate surface area is 231 Å². The van der Waals surface area contributed by atoms with Crippen LogP contribution in [0.4, 0.5) is 8.78 Å². The van der Waals surface area contributed by atoms with Crippen molar-refractivity contribution >= 4 is 5.91 Å². The van der Waals surface area contributed by atoms with Crippen molar-refractivity contribution in [3.8, 4) is 22.5 Å². The number of carbonyl (C=O) groups excluding carboxylic acids is 1.